The Morgan fingerprint density at radius 1 is 1.44 bits per heavy atom. The fourth-order valence-electron chi connectivity index (χ4n) is 2.41. The summed E-state index contributed by atoms with van der Waals surface area (Å²) in [6, 6.07) is -0.0530. The minimum absolute atomic E-state index is 0.0500. The monoisotopic (exact) mass is 278 g/mol. The molecule has 0 aromatic heterocycles. The van der Waals surface area contributed by atoms with E-state index in [4.69, 9.17) is 10.5 Å². The Labute approximate surface area is 111 Å². The fraction of sp³-hybridized carbons (Fsp3) is 1.00. The van der Waals surface area contributed by atoms with Crippen LogP contribution in [0.1, 0.15) is 33.6 Å². The van der Waals surface area contributed by atoms with Gasteiger partial charge in [0.15, 0.2) is 0 Å². The third-order valence-electron chi connectivity index (χ3n) is 3.46. The first kappa shape index (κ1) is 15.9. The molecule has 1 aliphatic rings. The standard InChI is InChI=1S/C12H26N2O3S/c1-10(2)17-7-8-18(15,16)14-6-4-5-11(3)12(14)9-13/h10-12H,4-9,13H2,1-3H3. The second kappa shape index (κ2) is 6.84. The maximum atomic E-state index is 12.3. The Morgan fingerprint density at radius 3 is 2.67 bits per heavy atom. The zero-order valence-electron chi connectivity index (χ0n) is 11.6. The summed E-state index contributed by atoms with van der Waals surface area (Å²) in [5.74, 6) is 0.388. The molecule has 1 fully saturated rings. The molecule has 0 bridgehead atoms. The van der Waals surface area contributed by atoms with Gasteiger partial charge in [0.25, 0.3) is 0 Å². The molecule has 2 N–H and O–H groups in total. The summed E-state index contributed by atoms with van der Waals surface area (Å²) in [6.07, 6.45) is 2.03. The van der Waals surface area contributed by atoms with Gasteiger partial charge in [-0.2, -0.15) is 4.31 Å². The molecule has 0 saturated carbocycles. The zero-order chi connectivity index (χ0) is 13.8. The Balaban J connectivity index is 2.64. The van der Waals surface area contributed by atoms with Crippen LogP contribution in [-0.4, -0.2) is 50.3 Å². The molecule has 5 nitrogen and oxygen atoms in total. The van der Waals surface area contributed by atoms with Crippen molar-refractivity contribution in [2.24, 2.45) is 11.7 Å². The molecule has 18 heavy (non-hydrogen) atoms. The van der Waals surface area contributed by atoms with Crippen molar-refractivity contribution in [1.29, 1.82) is 0 Å². The van der Waals surface area contributed by atoms with Gasteiger partial charge < -0.3 is 10.5 Å². The zero-order valence-corrected chi connectivity index (χ0v) is 12.4. The van der Waals surface area contributed by atoms with E-state index < -0.39 is 10.0 Å². The Kier molecular flexibility index (Phi) is 6.04. The highest BCUT2D eigenvalue weighted by Gasteiger charge is 2.35. The first-order valence-corrected chi connectivity index (χ1v) is 8.30. The van der Waals surface area contributed by atoms with Crippen molar-refractivity contribution in [3.8, 4) is 0 Å². The molecule has 0 radical (unpaired) electrons. The molecular formula is C12H26N2O3S. The van der Waals surface area contributed by atoms with Crippen molar-refractivity contribution < 1.29 is 13.2 Å². The van der Waals surface area contributed by atoms with E-state index in [-0.39, 0.29) is 24.5 Å². The van der Waals surface area contributed by atoms with E-state index in [0.29, 0.717) is 19.0 Å². The minimum Gasteiger partial charge on any atom is -0.378 e. The smallest absolute Gasteiger partial charge is 0.216 e. The lowest BCUT2D eigenvalue weighted by atomic mass is 9.93. The van der Waals surface area contributed by atoms with Crippen molar-refractivity contribution in [3.05, 3.63) is 0 Å². The van der Waals surface area contributed by atoms with E-state index in [9.17, 15) is 8.42 Å². The quantitative estimate of drug-likeness (QED) is 0.780. The van der Waals surface area contributed by atoms with Crippen LogP contribution >= 0.6 is 0 Å². The molecule has 0 aliphatic carbocycles. The average molecular weight is 278 g/mol. The molecule has 2 unspecified atom stereocenters. The van der Waals surface area contributed by atoms with Crippen molar-refractivity contribution in [3.63, 3.8) is 0 Å². The number of sulfonamides is 1. The van der Waals surface area contributed by atoms with E-state index in [0.717, 1.165) is 12.8 Å². The van der Waals surface area contributed by atoms with Crippen molar-refractivity contribution >= 4 is 10.0 Å². The topological polar surface area (TPSA) is 72.6 Å². The van der Waals surface area contributed by atoms with Gasteiger partial charge in [0.2, 0.25) is 10.0 Å². The third kappa shape index (κ3) is 4.19. The number of hydrogen-bond donors (Lipinski definition) is 1. The lowest BCUT2D eigenvalue weighted by Crippen LogP contribution is -2.52. The summed E-state index contributed by atoms with van der Waals surface area (Å²) in [5, 5.41) is 0. The number of nitrogens with zero attached hydrogens (tertiary/aromatic N) is 1. The Hall–Kier alpha value is -0.170. The van der Waals surface area contributed by atoms with Gasteiger partial charge >= 0.3 is 0 Å². The van der Waals surface area contributed by atoms with Crippen LogP contribution in [0.4, 0.5) is 0 Å². The maximum absolute atomic E-state index is 12.3. The van der Waals surface area contributed by atoms with Gasteiger partial charge in [-0.3, -0.25) is 0 Å². The molecule has 0 spiro atoms. The lowest BCUT2D eigenvalue weighted by molar-refractivity contribution is 0.0898. The lowest BCUT2D eigenvalue weighted by Gasteiger charge is -2.38. The average Bonchev–Trinajstić information content (AvgIpc) is 2.27. The molecule has 0 aromatic rings. The normalized spacial score (nSPS) is 26.7. The minimum atomic E-state index is -3.24. The largest absolute Gasteiger partial charge is 0.378 e. The predicted molar refractivity (Wildman–Crippen MR) is 72.8 cm³/mol. The summed E-state index contributed by atoms with van der Waals surface area (Å²) in [6.45, 7) is 7.12. The first-order valence-electron chi connectivity index (χ1n) is 6.69. The van der Waals surface area contributed by atoms with Gasteiger partial charge in [-0.1, -0.05) is 6.92 Å². The Morgan fingerprint density at radius 2 is 2.11 bits per heavy atom. The number of nitrogens with two attached hydrogens (primary N) is 1. The molecule has 1 rings (SSSR count). The molecule has 6 heteroatoms. The predicted octanol–water partition coefficient (Wildman–Crippen LogP) is 0.800. The summed E-state index contributed by atoms with van der Waals surface area (Å²) < 4.78 is 31.5. The van der Waals surface area contributed by atoms with Crippen molar-refractivity contribution in [2.45, 2.75) is 45.8 Å². The van der Waals surface area contributed by atoms with Crippen LogP contribution in [0.25, 0.3) is 0 Å². The van der Waals surface area contributed by atoms with Gasteiger partial charge in [-0.25, -0.2) is 8.42 Å². The Bertz CT molecular complexity index is 343. The van der Waals surface area contributed by atoms with Crippen LogP contribution in [-0.2, 0) is 14.8 Å². The second-order valence-electron chi connectivity index (χ2n) is 5.27. The van der Waals surface area contributed by atoms with Crippen molar-refractivity contribution in [2.75, 3.05) is 25.4 Å². The van der Waals surface area contributed by atoms with Gasteiger partial charge in [0.05, 0.1) is 18.5 Å². The van der Waals surface area contributed by atoms with E-state index in [1.807, 2.05) is 13.8 Å². The number of rotatable bonds is 6. The molecule has 108 valence electrons. The highest BCUT2D eigenvalue weighted by atomic mass is 32.2. The SMILES string of the molecule is CC(C)OCCS(=O)(=O)N1CCCC(C)C1CN. The van der Waals surface area contributed by atoms with Crippen LogP contribution in [0, 0.1) is 5.92 Å². The van der Waals surface area contributed by atoms with E-state index in [1.165, 1.54) is 0 Å². The molecular weight excluding hydrogens is 252 g/mol. The molecule has 0 amide bonds. The van der Waals surface area contributed by atoms with Gasteiger partial charge in [-0.15, -0.1) is 0 Å². The fourth-order valence-corrected chi connectivity index (χ4v) is 4.07. The summed E-state index contributed by atoms with van der Waals surface area (Å²) >= 11 is 0. The highest BCUT2D eigenvalue weighted by molar-refractivity contribution is 7.89. The van der Waals surface area contributed by atoms with Crippen LogP contribution in [0.5, 0.6) is 0 Å². The van der Waals surface area contributed by atoms with Gasteiger partial charge in [0.1, 0.15) is 0 Å². The number of hydrogen-bond acceptors (Lipinski definition) is 4. The number of piperidine rings is 1. The summed E-state index contributed by atoms with van der Waals surface area (Å²) in [5.41, 5.74) is 5.72. The highest BCUT2D eigenvalue weighted by Crippen LogP contribution is 2.25. The first-order chi connectivity index (χ1) is 8.38. The van der Waals surface area contributed by atoms with E-state index in [2.05, 4.69) is 6.92 Å². The van der Waals surface area contributed by atoms with Crippen LogP contribution < -0.4 is 5.73 Å². The summed E-state index contributed by atoms with van der Waals surface area (Å²) in [4.78, 5) is 0. The van der Waals surface area contributed by atoms with Crippen LogP contribution in [0.15, 0.2) is 0 Å². The second-order valence-corrected chi connectivity index (χ2v) is 7.31. The van der Waals surface area contributed by atoms with Crippen LogP contribution in [0.3, 0.4) is 0 Å². The van der Waals surface area contributed by atoms with E-state index in [1.54, 1.807) is 4.31 Å². The van der Waals surface area contributed by atoms with Crippen molar-refractivity contribution in [1.82, 2.24) is 4.31 Å². The molecule has 1 aliphatic heterocycles. The van der Waals surface area contributed by atoms with E-state index >= 15 is 0 Å². The number of ether oxygens (including phenoxy) is 1. The van der Waals surface area contributed by atoms with Gasteiger partial charge in [0, 0.05) is 19.1 Å². The van der Waals surface area contributed by atoms with Gasteiger partial charge in [-0.05, 0) is 32.6 Å². The molecule has 1 heterocycles. The maximum Gasteiger partial charge on any atom is 0.216 e. The molecule has 1 saturated heterocycles. The summed E-state index contributed by atoms with van der Waals surface area (Å²) in [7, 11) is -3.24. The molecule has 2 atom stereocenters. The third-order valence-corrected chi connectivity index (χ3v) is 5.31. The molecule has 0 aromatic carbocycles. The van der Waals surface area contributed by atoms with Crippen LogP contribution in [0.2, 0.25) is 0 Å².